The molecule has 0 saturated heterocycles. The van der Waals surface area contributed by atoms with Gasteiger partial charge in [-0.2, -0.15) is 0 Å². The third-order valence-electron chi connectivity index (χ3n) is 9.66. The summed E-state index contributed by atoms with van der Waals surface area (Å²) in [5.74, 6) is 0.756. The molecule has 0 radical (unpaired) electrons. The maximum absolute atomic E-state index is 2.43. The Morgan fingerprint density at radius 3 is 1.41 bits per heavy atom. The van der Waals surface area contributed by atoms with Gasteiger partial charge < -0.3 is 0 Å². The smallest absolute Gasteiger partial charge is 0.0131 e. The van der Waals surface area contributed by atoms with Crippen LogP contribution >= 0.6 is 0 Å². The summed E-state index contributed by atoms with van der Waals surface area (Å²) < 4.78 is 0. The molecular weight excluding hydrogens is 528 g/mol. The van der Waals surface area contributed by atoms with Gasteiger partial charge in [-0.05, 0) is 83.2 Å². The first kappa shape index (κ1) is 25.1. The van der Waals surface area contributed by atoms with Gasteiger partial charge in [0.2, 0.25) is 0 Å². The molecule has 0 saturated carbocycles. The second-order valence-corrected chi connectivity index (χ2v) is 12.0. The van der Waals surface area contributed by atoms with Crippen LogP contribution in [0.2, 0.25) is 0 Å². The molecule has 2 atom stereocenters. The largest absolute Gasteiger partial charge is 0.0761 e. The second kappa shape index (κ2) is 10.1. The van der Waals surface area contributed by atoms with Crippen LogP contribution in [0.4, 0.5) is 0 Å². The van der Waals surface area contributed by atoms with Crippen molar-refractivity contribution in [1.82, 2.24) is 0 Å². The molecule has 44 heavy (non-hydrogen) atoms. The molecule has 2 aliphatic carbocycles. The highest BCUT2D eigenvalue weighted by Gasteiger charge is 2.31. The third kappa shape index (κ3) is 3.85. The van der Waals surface area contributed by atoms with Crippen LogP contribution in [0.25, 0.3) is 66.1 Å². The minimum atomic E-state index is 0.366. The van der Waals surface area contributed by atoms with E-state index in [9.17, 15) is 0 Å². The first-order chi connectivity index (χ1) is 21.8. The van der Waals surface area contributed by atoms with E-state index < -0.39 is 0 Å². The third-order valence-corrected chi connectivity index (χ3v) is 9.66. The van der Waals surface area contributed by atoms with Crippen LogP contribution in [-0.2, 0) is 0 Å². The highest BCUT2D eigenvalue weighted by molar-refractivity contribution is 6.21. The van der Waals surface area contributed by atoms with Crippen LogP contribution < -0.4 is 0 Å². The fourth-order valence-electron chi connectivity index (χ4n) is 7.68. The Kier molecular flexibility index (Phi) is 5.74. The lowest BCUT2D eigenvalue weighted by Gasteiger charge is -2.34. The Bertz CT molecular complexity index is 2210. The molecule has 0 heterocycles. The lowest BCUT2D eigenvalue weighted by molar-refractivity contribution is 0.720. The van der Waals surface area contributed by atoms with Crippen molar-refractivity contribution in [3.8, 4) is 44.5 Å². The Morgan fingerprint density at radius 1 is 0.318 bits per heavy atom. The van der Waals surface area contributed by atoms with Crippen molar-refractivity contribution in [3.05, 3.63) is 181 Å². The first-order valence-corrected chi connectivity index (χ1v) is 15.5. The van der Waals surface area contributed by atoms with Crippen LogP contribution in [0.5, 0.6) is 0 Å². The summed E-state index contributed by atoms with van der Waals surface area (Å²) in [7, 11) is 0. The van der Waals surface area contributed by atoms with Crippen LogP contribution in [0.3, 0.4) is 0 Å². The van der Waals surface area contributed by atoms with Gasteiger partial charge in [0.05, 0.1) is 0 Å². The van der Waals surface area contributed by atoms with Crippen LogP contribution in [0.15, 0.2) is 170 Å². The number of hydrogen-bond acceptors (Lipinski definition) is 0. The van der Waals surface area contributed by atoms with E-state index in [-0.39, 0.29) is 0 Å². The summed E-state index contributed by atoms with van der Waals surface area (Å²) >= 11 is 0. The normalized spacial score (nSPS) is 16.5. The number of benzene rings is 7. The molecule has 0 heteroatoms. The molecule has 9 rings (SSSR count). The van der Waals surface area contributed by atoms with Crippen molar-refractivity contribution >= 4 is 21.5 Å². The van der Waals surface area contributed by atoms with Gasteiger partial charge in [-0.3, -0.25) is 0 Å². The predicted molar refractivity (Wildman–Crippen MR) is 187 cm³/mol. The highest BCUT2D eigenvalue weighted by Crippen LogP contribution is 2.50. The molecule has 0 aromatic heterocycles. The lowest BCUT2D eigenvalue weighted by atomic mass is 9.69. The van der Waals surface area contributed by atoms with Crippen LogP contribution in [0.1, 0.15) is 23.0 Å². The average molecular weight is 559 g/mol. The second-order valence-electron chi connectivity index (χ2n) is 12.0. The van der Waals surface area contributed by atoms with E-state index in [1.807, 2.05) is 0 Å². The van der Waals surface area contributed by atoms with Crippen molar-refractivity contribution in [2.24, 2.45) is 0 Å². The summed E-state index contributed by atoms with van der Waals surface area (Å²) in [6, 6.07) is 53.8. The minimum absolute atomic E-state index is 0.366. The zero-order valence-corrected chi connectivity index (χ0v) is 24.3. The van der Waals surface area contributed by atoms with Gasteiger partial charge in [0, 0.05) is 11.8 Å². The Morgan fingerprint density at radius 2 is 0.773 bits per heavy atom. The van der Waals surface area contributed by atoms with Crippen molar-refractivity contribution in [2.45, 2.75) is 11.8 Å². The van der Waals surface area contributed by atoms with E-state index >= 15 is 0 Å². The first-order valence-electron chi connectivity index (χ1n) is 15.5. The molecule has 0 spiro atoms. The monoisotopic (exact) mass is 558 g/mol. The summed E-state index contributed by atoms with van der Waals surface area (Å²) in [5.41, 5.74) is 13.2. The molecule has 7 aromatic carbocycles. The fourth-order valence-corrected chi connectivity index (χ4v) is 7.68. The Labute approximate surface area is 258 Å². The van der Waals surface area contributed by atoms with Gasteiger partial charge in [0.1, 0.15) is 0 Å². The van der Waals surface area contributed by atoms with Gasteiger partial charge in [0.15, 0.2) is 0 Å². The quantitative estimate of drug-likeness (QED) is 0.189. The summed E-state index contributed by atoms with van der Waals surface area (Å²) in [5, 5.41) is 5.15. The SMILES string of the molecule is C1=CC2c3ccccc3-c3ccc(-c4ccc(-c5c6ccccc6c(-c6ccccc6)c6ccccc56)cc4)cc3C2C=C1. The summed E-state index contributed by atoms with van der Waals surface area (Å²) in [6.45, 7) is 0. The minimum Gasteiger partial charge on any atom is -0.0761 e. The number of allylic oxidation sites excluding steroid dienone is 4. The van der Waals surface area contributed by atoms with E-state index in [0.717, 1.165) is 0 Å². The van der Waals surface area contributed by atoms with E-state index in [1.165, 1.54) is 77.2 Å². The van der Waals surface area contributed by atoms with Crippen molar-refractivity contribution in [3.63, 3.8) is 0 Å². The van der Waals surface area contributed by atoms with Crippen molar-refractivity contribution in [2.75, 3.05) is 0 Å². The molecule has 2 aliphatic rings. The van der Waals surface area contributed by atoms with Gasteiger partial charge in [-0.1, -0.05) is 164 Å². The Hall–Kier alpha value is -5.46. The molecule has 0 amide bonds. The summed E-state index contributed by atoms with van der Waals surface area (Å²) in [4.78, 5) is 0. The molecule has 206 valence electrons. The Balaban J connectivity index is 1.18. The van der Waals surface area contributed by atoms with E-state index in [4.69, 9.17) is 0 Å². The van der Waals surface area contributed by atoms with Gasteiger partial charge in [-0.15, -0.1) is 0 Å². The summed E-state index contributed by atoms with van der Waals surface area (Å²) in [6.07, 6.45) is 9.15. The molecular formula is C44H30. The fraction of sp³-hybridized carbons (Fsp3) is 0.0455. The molecule has 0 fully saturated rings. The highest BCUT2D eigenvalue weighted by atomic mass is 14.3. The van der Waals surface area contributed by atoms with Crippen LogP contribution in [0, 0.1) is 0 Å². The molecule has 0 nitrogen and oxygen atoms in total. The standard InChI is InChI=1S/C44H30/c1-2-12-30(13-3-1)43-38-18-8-10-20-40(38)44(41-21-11-9-19-39(41)43)31-24-22-29(23-25-31)32-26-27-37-35-16-5-4-14-33(35)34-15-6-7-17-36(34)42(37)28-32/h1-28,34,36H. The molecule has 0 bridgehead atoms. The van der Waals surface area contributed by atoms with E-state index in [0.29, 0.717) is 11.8 Å². The molecule has 0 aliphatic heterocycles. The zero-order chi connectivity index (χ0) is 29.0. The number of fused-ring (bicyclic) bond motifs is 8. The van der Waals surface area contributed by atoms with E-state index in [1.54, 1.807) is 0 Å². The van der Waals surface area contributed by atoms with E-state index in [2.05, 4.69) is 170 Å². The van der Waals surface area contributed by atoms with Gasteiger partial charge >= 0.3 is 0 Å². The van der Waals surface area contributed by atoms with Crippen molar-refractivity contribution < 1.29 is 0 Å². The van der Waals surface area contributed by atoms with Crippen LogP contribution in [-0.4, -0.2) is 0 Å². The maximum atomic E-state index is 2.43. The van der Waals surface area contributed by atoms with Gasteiger partial charge in [0.25, 0.3) is 0 Å². The topological polar surface area (TPSA) is 0 Å². The molecule has 2 unspecified atom stereocenters. The number of rotatable bonds is 3. The maximum Gasteiger partial charge on any atom is 0.0131 e. The average Bonchev–Trinajstić information content (AvgIpc) is 3.11. The molecule has 7 aromatic rings. The molecule has 0 N–H and O–H groups in total. The number of hydrogen-bond donors (Lipinski definition) is 0. The lowest BCUT2D eigenvalue weighted by Crippen LogP contribution is -2.16. The van der Waals surface area contributed by atoms with Gasteiger partial charge in [-0.25, -0.2) is 0 Å². The zero-order valence-electron chi connectivity index (χ0n) is 24.3. The predicted octanol–water partition coefficient (Wildman–Crippen LogP) is 12.0. The van der Waals surface area contributed by atoms with Crippen molar-refractivity contribution in [1.29, 1.82) is 0 Å².